The van der Waals surface area contributed by atoms with Gasteiger partial charge in [-0.2, -0.15) is 5.21 Å². The summed E-state index contributed by atoms with van der Waals surface area (Å²) in [6.07, 6.45) is 2.31. The third-order valence-electron chi connectivity index (χ3n) is 11.9. The van der Waals surface area contributed by atoms with Crippen LogP contribution in [0.25, 0.3) is 22.5 Å². The van der Waals surface area contributed by atoms with E-state index in [1.807, 2.05) is 90.9 Å². The number of aryl methyl sites for hydroxylation is 1. The third kappa shape index (κ3) is 11.8. The average molecular weight is 862 g/mol. The Labute approximate surface area is 368 Å². The normalized spacial score (nSPS) is 21.1. The summed E-state index contributed by atoms with van der Waals surface area (Å²) in [5.74, 6) is 0.197. The molecule has 0 bridgehead atoms. The number of anilines is 1. The minimum Gasteiger partial charge on any atom is -0.444 e. The largest absolute Gasteiger partial charge is 0.444 e. The van der Waals surface area contributed by atoms with Crippen LogP contribution in [0.3, 0.4) is 0 Å². The molecule has 16 heteroatoms. The van der Waals surface area contributed by atoms with Crippen molar-refractivity contribution in [2.45, 2.75) is 104 Å². The molecule has 3 fully saturated rings. The number of rotatable bonds is 12. The molecule has 2 heterocycles. The number of likely N-dealkylation sites (tertiary alicyclic amines) is 1. The van der Waals surface area contributed by atoms with E-state index in [0.717, 1.165) is 40.7 Å². The van der Waals surface area contributed by atoms with Crippen LogP contribution in [0, 0.1) is 30.6 Å². The van der Waals surface area contributed by atoms with Crippen molar-refractivity contribution in [3.05, 3.63) is 83.4 Å². The standard InChI is InChI=1S/C47H59N9O7/c1-27-22-33(42(58)51-39-36-25-56(26-37(36)39)45(61)63-47(5,6)7)18-21-35(27)30-12-8-28(9-13-30)23-38(43(59)49-34-19-16-31(17-20-34)40-52-54-55-53-40)50-41(57)32-14-10-29(11-15-32)24-48-44(60)62-46(2,3)4/h8-9,12-13,16-22,29,32,36-39H,10-11,14-15,23-26H2,1-7H3,(H,48,60)(H,49,59)(H,50,57)(H,51,58)(H,52,53,54,55)/t29?,32?,36?,37?,38-,39?/m0/s1. The Bertz CT molecular complexity index is 2270. The number of nitrogens with one attached hydrogen (secondary N) is 5. The Morgan fingerprint density at radius 2 is 1.48 bits per heavy atom. The van der Waals surface area contributed by atoms with Crippen molar-refractivity contribution in [3.63, 3.8) is 0 Å². The van der Waals surface area contributed by atoms with Crippen LogP contribution in [-0.4, -0.2) is 98.4 Å². The highest BCUT2D eigenvalue weighted by Crippen LogP contribution is 2.46. The predicted molar refractivity (Wildman–Crippen MR) is 236 cm³/mol. The van der Waals surface area contributed by atoms with E-state index in [4.69, 9.17) is 9.47 Å². The summed E-state index contributed by atoms with van der Waals surface area (Å²) in [4.78, 5) is 67.3. The monoisotopic (exact) mass is 861 g/mol. The van der Waals surface area contributed by atoms with Gasteiger partial charge in [-0.25, -0.2) is 9.59 Å². The van der Waals surface area contributed by atoms with Crippen LogP contribution in [0.2, 0.25) is 0 Å². The molecule has 5 amide bonds. The lowest BCUT2D eigenvalue weighted by atomic mass is 9.81. The minimum absolute atomic E-state index is 0.0394. The number of carbonyl (C=O) groups excluding carboxylic acids is 5. The fourth-order valence-corrected chi connectivity index (χ4v) is 8.52. The molecule has 2 saturated carbocycles. The fraction of sp³-hybridized carbons (Fsp3) is 0.489. The number of alkyl carbamates (subject to hydrolysis) is 1. The van der Waals surface area contributed by atoms with Crippen molar-refractivity contribution in [2.24, 2.45) is 23.7 Å². The first kappa shape index (κ1) is 44.7. The van der Waals surface area contributed by atoms with Gasteiger partial charge in [0.05, 0.1) is 0 Å². The van der Waals surface area contributed by atoms with Gasteiger partial charge in [-0.1, -0.05) is 30.3 Å². The number of carbonyl (C=O) groups is 5. The van der Waals surface area contributed by atoms with Gasteiger partial charge in [0.1, 0.15) is 17.2 Å². The molecule has 0 radical (unpaired) electrons. The molecule has 0 spiro atoms. The first-order valence-electron chi connectivity index (χ1n) is 21.8. The number of piperidine rings is 1. The molecule has 3 aromatic carbocycles. The van der Waals surface area contributed by atoms with E-state index in [1.54, 1.807) is 29.2 Å². The number of tetrazole rings is 1. The summed E-state index contributed by atoms with van der Waals surface area (Å²) in [5.41, 5.74) is 4.44. The van der Waals surface area contributed by atoms with E-state index in [9.17, 15) is 24.0 Å². The van der Waals surface area contributed by atoms with Crippen molar-refractivity contribution in [2.75, 3.05) is 25.0 Å². The van der Waals surface area contributed by atoms with Gasteiger partial charge in [0.15, 0.2) is 0 Å². The summed E-state index contributed by atoms with van der Waals surface area (Å²) in [6, 6.07) is 19.8. The lowest BCUT2D eigenvalue weighted by molar-refractivity contribution is -0.130. The summed E-state index contributed by atoms with van der Waals surface area (Å²) < 4.78 is 10.9. The number of nitrogens with zero attached hydrogens (tertiary/aromatic N) is 4. The average Bonchev–Trinajstić information content (AvgIpc) is 3.59. The predicted octanol–water partition coefficient (Wildman–Crippen LogP) is 6.43. The van der Waals surface area contributed by atoms with Gasteiger partial charge in [-0.05, 0) is 144 Å². The van der Waals surface area contributed by atoms with E-state index >= 15 is 0 Å². The van der Waals surface area contributed by atoms with Crippen molar-refractivity contribution in [1.82, 2.24) is 41.5 Å². The Morgan fingerprint density at radius 3 is 2.08 bits per heavy atom. The second kappa shape index (κ2) is 18.6. The molecule has 1 saturated heterocycles. The molecule has 4 aromatic rings. The van der Waals surface area contributed by atoms with Gasteiger partial charge in [0.2, 0.25) is 17.6 Å². The first-order chi connectivity index (χ1) is 29.9. The quantitative estimate of drug-likeness (QED) is 0.105. The van der Waals surface area contributed by atoms with E-state index in [1.165, 1.54) is 0 Å². The SMILES string of the molecule is Cc1cc(C(=O)NC2C3CN(C(=O)OC(C)(C)C)CC32)ccc1-c1ccc(C[C@H](NC(=O)C2CCC(CNC(=O)OC(C)(C)C)CC2)C(=O)Nc2ccc(-c3nn[nH]n3)cc2)cc1. The van der Waals surface area contributed by atoms with Crippen LogP contribution in [-0.2, 0) is 25.5 Å². The highest BCUT2D eigenvalue weighted by molar-refractivity contribution is 5.98. The van der Waals surface area contributed by atoms with Gasteiger partial charge in [-0.3, -0.25) is 14.4 Å². The second-order valence-corrected chi connectivity index (χ2v) is 19.1. The van der Waals surface area contributed by atoms with Crippen LogP contribution in [0.15, 0.2) is 66.7 Å². The van der Waals surface area contributed by atoms with Gasteiger partial charge in [0.25, 0.3) is 5.91 Å². The van der Waals surface area contributed by atoms with E-state index in [2.05, 4.69) is 41.9 Å². The zero-order valence-corrected chi connectivity index (χ0v) is 37.1. The molecule has 3 atom stereocenters. The van der Waals surface area contributed by atoms with Gasteiger partial charge < -0.3 is 35.6 Å². The number of H-pyrrole nitrogens is 1. The fourth-order valence-electron chi connectivity index (χ4n) is 8.52. The lowest BCUT2D eigenvalue weighted by Gasteiger charge is -2.29. The van der Waals surface area contributed by atoms with Crippen molar-refractivity contribution < 1.29 is 33.4 Å². The van der Waals surface area contributed by atoms with Crippen molar-refractivity contribution >= 4 is 35.6 Å². The van der Waals surface area contributed by atoms with Crippen molar-refractivity contribution in [1.29, 1.82) is 0 Å². The Hall–Kier alpha value is -6.32. The Kier molecular flexibility index (Phi) is 13.2. The summed E-state index contributed by atoms with van der Waals surface area (Å²) >= 11 is 0. The minimum atomic E-state index is -0.863. The van der Waals surface area contributed by atoms with Gasteiger partial charge >= 0.3 is 12.2 Å². The number of amides is 5. The van der Waals surface area contributed by atoms with Gasteiger partial charge in [-0.15, -0.1) is 10.2 Å². The maximum atomic E-state index is 13.9. The summed E-state index contributed by atoms with van der Waals surface area (Å²) in [5, 5.41) is 26.1. The maximum absolute atomic E-state index is 13.9. The lowest BCUT2D eigenvalue weighted by Crippen LogP contribution is -2.48. The zero-order valence-electron chi connectivity index (χ0n) is 37.1. The first-order valence-corrected chi connectivity index (χ1v) is 21.8. The number of ether oxygens (including phenoxy) is 2. The maximum Gasteiger partial charge on any atom is 0.410 e. The Balaban J connectivity index is 0.962. The molecule has 63 heavy (non-hydrogen) atoms. The van der Waals surface area contributed by atoms with E-state index in [-0.39, 0.29) is 59.9 Å². The molecule has 16 nitrogen and oxygen atoms in total. The molecular weight excluding hydrogens is 803 g/mol. The number of hydrogen-bond donors (Lipinski definition) is 5. The van der Waals surface area contributed by atoms with E-state index in [0.29, 0.717) is 49.6 Å². The second-order valence-electron chi connectivity index (χ2n) is 19.1. The molecule has 3 aliphatic rings. The molecule has 2 aliphatic carbocycles. The highest BCUT2D eigenvalue weighted by Gasteiger charge is 2.58. The zero-order chi connectivity index (χ0) is 45.1. The van der Waals surface area contributed by atoms with Crippen molar-refractivity contribution in [3.8, 4) is 22.5 Å². The van der Waals surface area contributed by atoms with Crippen LogP contribution >= 0.6 is 0 Å². The highest BCUT2D eigenvalue weighted by atomic mass is 16.6. The molecule has 2 unspecified atom stereocenters. The van der Waals surface area contributed by atoms with Gasteiger partial charge in [0, 0.05) is 66.7 Å². The molecule has 1 aliphatic heterocycles. The topological polar surface area (TPSA) is 210 Å². The Morgan fingerprint density at radius 1 is 0.825 bits per heavy atom. The number of aromatic amines is 1. The molecule has 334 valence electrons. The molecule has 7 rings (SSSR count). The van der Waals surface area contributed by atoms with E-state index < -0.39 is 23.3 Å². The third-order valence-corrected chi connectivity index (χ3v) is 11.9. The smallest absolute Gasteiger partial charge is 0.410 e. The van der Waals surface area contributed by atoms with Crippen LogP contribution in [0.5, 0.6) is 0 Å². The van der Waals surface area contributed by atoms with Crippen LogP contribution in [0.1, 0.15) is 88.7 Å². The number of hydrogen-bond acceptors (Lipinski definition) is 10. The number of fused-ring (bicyclic) bond motifs is 1. The molecular formula is C47H59N9O7. The molecule has 1 aromatic heterocycles. The molecule has 5 N–H and O–H groups in total. The number of aromatic nitrogens is 4. The van der Waals surface area contributed by atoms with Crippen LogP contribution < -0.4 is 21.3 Å². The summed E-state index contributed by atoms with van der Waals surface area (Å²) in [7, 11) is 0. The summed E-state index contributed by atoms with van der Waals surface area (Å²) in [6.45, 7) is 14.6. The van der Waals surface area contributed by atoms with Crippen LogP contribution in [0.4, 0.5) is 15.3 Å². The number of benzene rings is 3.